The Hall–Kier alpha value is 0.150. The summed E-state index contributed by atoms with van der Waals surface area (Å²) in [5.41, 5.74) is 5.35. The maximum absolute atomic E-state index is 10.9. The van der Waals surface area contributed by atoms with E-state index in [0.717, 1.165) is 0 Å². The van der Waals surface area contributed by atoms with Crippen molar-refractivity contribution in [3.05, 3.63) is 0 Å². The van der Waals surface area contributed by atoms with Gasteiger partial charge in [-0.25, -0.2) is 0 Å². The van der Waals surface area contributed by atoms with E-state index in [-0.39, 0.29) is 6.16 Å². The fourth-order valence-electron chi connectivity index (χ4n) is 0.520. The second kappa shape index (κ2) is 3.35. The molecular weight excluding hydrogens is 137 g/mol. The Morgan fingerprint density at radius 1 is 1.67 bits per heavy atom. The lowest BCUT2D eigenvalue weighted by Crippen LogP contribution is -2.19. The third kappa shape index (κ3) is 2.48. The quantitative estimate of drug-likeness (QED) is 0.591. The summed E-state index contributed by atoms with van der Waals surface area (Å²) in [5.74, 6) is -0.525. The molecule has 0 aromatic carbocycles. The molecule has 0 radical (unpaired) electrons. The van der Waals surface area contributed by atoms with Crippen LogP contribution in [0.2, 0.25) is 0 Å². The molecule has 0 amide bonds. The van der Waals surface area contributed by atoms with Gasteiger partial charge in [-0.3, -0.25) is 4.57 Å². The van der Waals surface area contributed by atoms with Crippen molar-refractivity contribution >= 4 is 7.37 Å². The first kappa shape index (κ1) is 9.15. The van der Waals surface area contributed by atoms with Gasteiger partial charge in [0.2, 0.25) is 7.37 Å². The maximum Gasteiger partial charge on any atom is 0.216 e. The third-order valence-electron chi connectivity index (χ3n) is 1.39. The van der Waals surface area contributed by atoms with Gasteiger partial charge >= 0.3 is 0 Å². The number of rotatable bonds is 3. The van der Waals surface area contributed by atoms with E-state index >= 15 is 0 Å². The molecule has 0 aliphatic carbocycles. The van der Waals surface area contributed by atoms with Crippen LogP contribution in [0.25, 0.3) is 0 Å². The first-order valence-electron chi connectivity index (χ1n) is 3.11. The van der Waals surface area contributed by atoms with Gasteiger partial charge in [-0.1, -0.05) is 13.8 Å². The van der Waals surface area contributed by atoms with Gasteiger partial charge in [0.1, 0.15) is 0 Å². The summed E-state index contributed by atoms with van der Waals surface area (Å²) in [6.07, 6.45) is 0.851. The summed E-state index contributed by atoms with van der Waals surface area (Å²) >= 11 is 0. The minimum Gasteiger partial charge on any atom is -0.343 e. The average molecular weight is 151 g/mol. The summed E-state index contributed by atoms with van der Waals surface area (Å²) in [6.45, 7) is 3.49. The molecule has 0 spiro atoms. The molecule has 9 heavy (non-hydrogen) atoms. The summed E-state index contributed by atoms with van der Waals surface area (Å²) in [6, 6.07) is 0. The lowest BCUT2D eigenvalue weighted by atomic mass is 10.5. The molecule has 0 fully saturated rings. The van der Waals surface area contributed by atoms with E-state index in [1.165, 1.54) is 0 Å². The molecule has 0 heterocycles. The molecule has 0 rings (SSSR count). The number of hydrogen-bond donors (Lipinski definition) is 2. The van der Waals surface area contributed by atoms with Gasteiger partial charge in [-0.2, -0.15) is 0 Å². The normalized spacial score (nSPS) is 20.9. The summed E-state index contributed by atoms with van der Waals surface area (Å²) in [7, 11) is -2.99. The van der Waals surface area contributed by atoms with Crippen LogP contribution in [0.5, 0.6) is 0 Å². The molecular formula is C5H14NO2P. The average Bonchev–Trinajstić information content (AvgIpc) is 1.86. The van der Waals surface area contributed by atoms with Crippen LogP contribution in [0.1, 0.15) is 20.3 Å². The van der Waals surface area contributed by atoms with Gasteiger partial charge in [0.25, 0.3) is 0 Å². The van der Waals surface area contributed by atoms with Crippen molar-refractivity contribution in [1.29, 1.82) is 0 Å². The molecule has 0 bridgehead atoms. The van der Waals surface area contributed by atoms with Crippen LogP contribution in [0.4, 0.5) is 0 Å². The molecule has 0 aliphatic rings. The molecule has 0 aliphatic heterocycles. The Morgan fingerprint density at radius 2 is 2.11 bits per heavy atom. The van der Waals surface area contributed by atoms with E-state index in [1.807, 2.05) is 6.92 Å². The molecule has 2 unspecified atom stereocenters. The molecule has 0 aromatic rings. The Labute approximate surface area is 55.7 Å². The van der Waals surface area contributed by atoms with E-state index in [4.69, 9.17) is 10.6 Å². The van der Waals surface area contributed by atoms with Crippen molar-refractivity contribution in [1.82, 2.24) is 0 Å². The van der Waals surface area contributed by atoms with Gasteiger partial charge in [0, 0.05) is 6.16 Å². The summed E-state index contributed by atoms with van der Waals surface area (Å²) in [4.78, 5) is 9.02. The highest BCUT2D eigenvalue weighted by molar-refractivity contribution is 7.58. The molecule has 56 valence electrons. The molecule has 0 saturated carbocycles. The molecule has 3 N–H and O–H groups in total. The highest BCUT2D eigenvalue weighted by atomic mass is 31.2. The van der Waals surface area contributed by atoms with Crippen molar-refractivity contribution in [3.63, 3.8) is 0 Å². The topological polar surface area (TPSA) is 63.3 Å². The number of nitrogens with two attached hydrogens (primary N) is 1. The van der Waals surface area contributed by atoms with E-state index in [2.05, 4.69) is 0 Å². The first-order valence-corrected chi connectivity index (χ1v) is 5.03. The van der Waals surface area contributed by atoms with E-state index < -0.39 is 13.2 Å². The largest absolute Gasteiger partial charge is 0.343 e. The second-order valence-electron chi connectivity index (χ2n) is 2.05. The van der Waals surface area contributed by atoms with Crippen molar-refractivity contribution in [2.75, 3.05) is 6.16 Å². The minimum atomic E-state index is -2.99. The van der Waals surface area contributed by atoms with Gasteiger partial charge < -0.3 is 10.6 Å². The predicted octanol–water partition coefficient (Wildman–Crippen LogP) is 0.972. The molecule has 2 atom stereocenters. The molecule has 4 heteroatoms. The van der Waals surface area contributed by atoms with Gasteiger partial charge in [0.05, 0.1) is 5.78 Å². The van der Waals surface area contributed by atoms with Gasteiger partial charge in [-0.05, 0) is 6.42 Å². The summed E-state index contributed by atoms with van der Waals surface area (Å²) in [5, 5.41) is 0. The van der Waals surface area contributed by atoms with Crippen LogP contribution in [0, 0.1) is 0 Å². The SMILES string of the molecule is CCC(N)P(=O)(O)CC. The fourth-order valence-corrected chi connectivity index (χ4v) is 1.56. The van der Waals surface area contributed by atoms with Crippen LogP contribution >= 0.6 is 7.37 Å². The highest BCUT2D eigenvalue weighted by Gasteiger charge is 2.22. The zero-order valence-corrected chi connectivity index (χ0v) is 6.77. The van der Waals surface area contributed by atoms with Crippen LogP contribution in [0.15, 0.2) is 0 Å². The zero-order chi connectivity index (χ0) is 7.49. The van der Waals surface area contributed by atoms with Crippen LogP contribution in [-0.2, 0) is 4.57 Å². The maximum atomic E-state index is 10.9. The highest BCUT2D eigenvalue weighted by Crippen LogP contribution is 2.44. The molecule has 0 aromatic heterocycles. The van der Waals surface area contributed by atoms with Gasteiger partial charge in [-0.15, -0.1) is 0 Å². The molecule has 3 nitrogen and oxygen atoms in total. The predicted molar refractivity (Wildman–Crippen MR) is 38.6 cm³/mol. The minimum absolute atomic E-state index is 0.280. The van der Waals surface area contributed by atoms with Crippen molar-refractivity contribution in [2.45, 2.75) is 26.1 Å². The van der Waals surface area contributed by atoms with Crippen molar-refractivity contribution in [3.8, 4) is 0 Å². The fraction of sp³-hybridized carbons (Fsp3) is 1.00. The first-order chi connectivity index (χ1) is 4.04. The van der Waals surface area contributed by atoms with E-state index in [9.17, 15) is 4.57 Å². The third-order valence-corrected chi connectivity index (χ3v) is 3.70. The Morgan fingerprint density at radius 3 is 2.22 bits per heavy atom. The van der Waals surface area contributed by atoms with Gasteiger partial charge in [0.15, 0.2) is 0 Å². The van der Waals surface area contributed by atoms with Crippen molar-refractivity contribution < 1.29 is 9.46 Å². The van der Waals surface area contributed by atoms with E-state index in [1.54, 1.807) is 6.92 Å². The lowest BCUT2D eigenvalue weighted by Gasteiger charge is -2.14. The van der Waals surface area contributed by atoms with Crippen molar-refractivity contribution in [2.24, 2.45) is 5.73 Å². The summed E-state index contributed by atoms with van der Waals surface area (Å²) < 4.78 is 10.9. The lowest BCUT2D eigenvalue weighted by molar-refractivity contribution is 0.462. The Bertz CT molecular complexity index is 126. The van der Waals surface area contributed by atoms with Crippen LogP contribution in [0.3, 0.4) is 0 Å². The van der Waals surface area contributed by atoms with Crippen LogP contribution < -0.4 is 5.73 Å². The standard InChI is InChI=1S/C5H14NO2P/c1-3-5(6)9(7,8)4-2/h5H,3-4,6H2,1-2H3,(H,7,8). The second-order valence-corrected chi connectivity index (χ2v) is 4.85. The Kier molecular flexibility index (Phi) is 3.41. The smallest absolute Gasteiger partial charge is 0.216 e. The number of hydrogen-bond acceptors (Lipinski definition) is 2. The van der Waals surface area contributed by atoms with Crippen LogP contribution in [-0.4, -0.2) is 16.8 Å². The van der Waals surface area contributed by atoms with E-state index in [0.29, 0.717) is 6.42 Å². The zero-order valence-electron chi connectivity index (χ0n) is 5.87. The monoisotopic (exact) mass is 151 g/mol. The Balaban J connectivity index is 3.98. The molecule has 0 saturated heterocycles.